The van der Waals surface area contributed by atoms with E-state index in [2.05, 4.69) is 16.9 Å². The van der Waals surface area contributed by atoms with Gasteiger partial charge >= 0.3 is 0 Å². The molecule has 1 atom stereocenters. The first kappa shape index (κ1) is 20.6. The second-order valence-electron chi connectivity index (χ2n) is 6.50. The number of carbonyl (C=O) groups excluding carboxylic acids is 1. The topological polar surface area (TPSA) is 77.1 Å². The Kier molecular flexibility index (Phi) is 6.21. The Balaban J connectivity index is 1.59. The monoisotopic (exact) mass is 457 g/mol. The maximum absolute atomic E-state index is 13.3. The molecule has 4 aromatic heterocycles. The quantitative estimate of drug-likeness (QED) is 0.230. The highest BCUT2D eigenvalue weighted by Crippen LogP contribution is 2.34. The molecule has 1 N–H and O–H groups in total. The van der Waals surface area contributed by atoms with Crippen molar-refractivity contribution in [3.05, 3.63) is 70.1 Å². The van der Waals surface area contributed by atoms with Crippen molar-refractivity contribution in [3.63, 3.8) is 0 Å². The molecule has 0 radical (unpaired) electrons. The van der Waals surface area contributed by atoms with Gasteiger partial charge in [-0.05, 0) is 30.5 Å². The average Bonchev–Trinajstić information content (AvgIpc) is 3.49. The van der Waals surface area contributed by atoms with Crippen molar-refractivity contribution in [2.75, 3.05) is 5.75 Å². The summed E-state index contributed by atoms with van der Waals surface area (Å²) in [7, 11) is 0. The van der Waals surface area contributed by atoms with Crippen LogP contribution in [0.1, 0.15) is 18.7 Å². The lowest BCUT2D eigenvalue weighted by Crippen LogP contribution is -2.29. The maximum atomic E-state index is 13.3. The number of nitrogens with zero attached hydrogens (tertiary/aromatic N) is 2. The molecule has 0 bridgehead atoms. The first-order valence-electron chi connectivity index (χ1n) is 9.21. The number of carbonyl (C=O) groups is 1. The molecular formula is C21H19N3O3S3. The third kappa shape index (κ3) is 4.14. The van der Waals surface area contributed by atoms with Crippen LogP contribution in [0.4, 0.5) is 0 Å². The minimum atomic E-state index is -0.232. The number of hydrogen-bond donors (Lipinski definition) is 1. The molecule has 0 saturated heterocycles. The predicted octanol–water partition coefficient (Wildman–Crippen LogP) is 4.94. The van der Waals surface area contributed by atoms with Crippen molar-refractivity contribution in [1.82, 2.24) is 14.9 Å². The third-order valence-electron chi connectivity index (χ3n) is 4.44. The number of hydrogen-bond acceptors (Lipinski definition) is 7. The highest BCUT2D eigenvalue weighted by Gasteiger charge is 2.19. The van der Waals surface area contributed by atoms with Crippen molar-refractivity contribution < 1.29 is 9.21 Å². The standard InChI is InChI=1S/C21H19N3O3S3/c1-3-8-24-20(26)18-14(16-7-5-10-28-16)11-29-19(18)23-21(24)30-12-17(25)22-13(2)15-6-4-9-27-15/h3-7,9-11,13H,1,8,12H2,2H3,(H,22,25). The minimum Gasteiger partial charge on any atom is -0.467 e. The zero-order valence-corrected chi connectivity index (χ0v) is 18.6. The Hall–Kier alpha value is -2.62. The largest absolute Gasteiger partial charge is 0.467 e. The number of furan rings is 1. The van der Waals surface area contributed by atoms with Gasteiger partial charge in [-0.1, -0.05) is 23.9 Å². The molecule has 0 aliphatic heterocycles. The molecule has 0 fully saturated rings. The van der Waals surface area contributed by atoms with Crippen LogP contribution in [0.15, 0.2) is 68.3 Å². The number of thiophene rings is 2. The minimum absolute atomic E-state index is 0.114. The molecule has 4 heterocycles. The fraction of sp³-hybridized carbons (Fsp3) is 0.190. The molecule has 0 saturated carbocycles. The van der Waals surface area contributed by atoms with Crippen molar-refractivity contribution >= 4 is 50.6 Å². The first-order valence-corrected chi connectivity index (χ1v) is 12.0. The summed E-state index contributed by atoms with van der Waals surface area (Å²) >= 11 is 4.27. The summed E-state index contributed by atoms with van der Waals surface area (Å²) in [5, 5.41) is 7.97. The Bertz CT molecular complexity index is 1220. The maximum Gasteiger partial charge on any atom is 0.263 e. The molecule has 1 unspecified atom stereocenters. The summed E-state index contributed by atoms with van der Waals surface area (Å²) in [5.74, 6) is 0.675. The zero-order chi connectivity index (χ0) is 21.1. The van der Waals surface area contributed by atoms with Gasteiger partial charge in [0.25, 0.3) is 5.56 Å². The van der Waals surface area contributed by atoms with Crippen molar-refractivity contribution in [1.29, 1.82) is 0 Å². The van der Waals surface area contributed by atoms with Crippen LogP contribution in [0.2, 0.25) is 0 Å². The number of rotatable bonds is 8. The third-order valence-corrected chi connectivity index (χ3v) is 7.19. The van der Waals surface area contributed by atoms with Crippen LogP contribution >= 0.6 is 34.4 Å². The van der Waals surface area contributed by atoms with E-state index in [9.17, 15) is 9.59 Å². The summed E-state index contributed by atoms with van der Waals surface area (Å²) in [6.45, 7) is 5.95. The van der Waals surface area contributed by atoms with Crippen LogP contribution in [0, 0.1) is 0 Å². The van der Waals surface area contributed by atoms with Crippen LogP contribution in [0.3, 0.4) is 0 Å². The van der Waals surface area contributed by atoms with Crippen LogP contribution in [0.25, 0.3) is 20.7 Å². The van der Waals surface area contributed by atoms with Gasteiger partial charge in [0.1, 0.15) is 10.6 Å². The van der Waals surface area contributed by atoms with E-state index in [-0.39, 0.29) is 23.3 Å². The van der Waals surface area contributed by atoms with Crippen LogP contribution in [0.5, 0.6) is 0 Å². The molecule has 0 spiro atoms. The molecule has 1 amide bonds. The Morgan fingerprint density at radius 3 is 2.97 bits per heavy atom. The summed E-state index contributed by atoms with van der Waals surface area (Å²) in [6.07, 6.45) is 3.24. The summed E-state index contributed by atoms with van der Waals surface area (Å²) in [6, 6.07) is 7.33. The number of allylic oxidation sites excluding steroid dienone is 1. The van der Waals surface area contributed by atoms with E-state index in [0.29, 0.717) is 27.7 Å². The first-order chi connectivity index (χ1) is 14.6. The van der Waals surface area contributed by atoms with Gasteiger partial charge in [0, 0.05) is 22.4 Å². The van der Waals surface area contributed by atoms with E-state index in [1.807, 2.05) is 35.9 Å². The Morgan fingerprint density at radius 2 is 2.27 bits per heavy atom. The fourth-order valence-electron chi connectivity index (χ4n) is 3.04. The number of aromatic nitrogens is 2. The molecule has 6 nitrogen and oxygen atoms in total. The molecule has 30 heavy (non-hydrogen) atoms. The summed E-state index contributed by atoms with van der Waals surface area (Å²) in [5.41, 5.74) is 0.790. The smallest absolute Gasteiger partial charge is 0.263 e. The Morgan fingerprint density at radius 1 is 1.40 bits per heavy atom. The fourth-order valence-corrected chi connectivity index (χ4v) is 5.66. The lowest BCUT2D eigenvalue weighted by molar-refractivity contribution is -0.119. The normalized spacial score (nSPS) is 12.2. The molecular weight excluding hydrogens is 438 g/mol. The lowest BCUT2D eigenvalue weighted by atomic mass is 10.2. The molecule has 0 aliphatic carbocycles. The van der Waals surface area contributed by atoms with Crippen LogP contribution in [-0.2, 0) is 11.3 Å². The highest BCUT2D eigenvalue weighted by molar-refractivity contribution is 7.99. The van der Waals surface area contributed by atoms with Gasteiger partial charge in [0.05, 0.1) is 23.4 Å². The van der Waals surface area contributed by atoms with Gasteiger partial charge in [-0.2, -0.15) is 0 Å². The Labute approximate surface area is 185 Å². The van der Waals surface area contributed by atoms with Gasteiger partial charge in [-0.15, -0.1) is 29.3 Å². The van der Waals surface area contributed by atoms with E-state index < -0.39 is 0 Å². The average molecular weight is 458 g/mol. The number of amides is 1. The van der Waals surface area contributed by atoms with Gasteiger partial charge in [0.15, 0.2) is 5.16 Å². The van der Waals surface area contributed by atoms with Crippen LogP contribution in [-0.4, -0.2) is 21.2 Å². The zero-order valence-electron chi connectivity index (χ0n) is 16.2. The second kappa shape index (κ2) is 9.03. The molecule has 4 aromatic rings. The van der Waals surface area contributed by atoms with Gasteiger partial charge in [-0.3, -0.25) is 14.2 Å². The molecule has 0 aliphatic rings. The van der Waals surface area contributed by atoms with Crippen molar-refractivity contribution in [2.24, 2.45) is 0 Å². The molecule has 0 aromatic carbocycles. The van der Waals surface area contributed by atoms with E-state index in [0.717, 1.165) is 10.4 Å². The summed E-state index contributed by atoms with van der Waals surface area (Å²) < 4.78 is 6.90. The van der Waals surface area contributed by atoms with Crippen molar-refractivity contribution in [2.45, 2.75) is 24.7 Å². The highest BCUT2D eigenvalue weighted by atomic mass is 32.2. The predicted molar refractivity (Wildman–Crippen MR) is 123 cm³/mol. The van der Waals surface area contributed by atoms with E-state index in [1.54, 1.807) is 34.3 Å². The van der Waals surface area contributed by atoms with Crippen LogP contribution < -0.4 is 10.9 Å². The van der Waals surface area contributed by atoms with E-state index in [1.165, 1.54) is 23.1 Å². The number of fused-ring (bicyclic) bond motifs is 1. The second-order valence-corrected chi connectivity index (χ2v) is 9.25. The number of nitrogens with one attached hydrogen (secondary N) is 1. The SMILES string of the molecule is C=CCn1c(SCC(=O)NC(C)c2ccco2)nc2scc(-c3cccs3)c2c1=O. The lowest BCUT2D eigenvalue weighted by Gasteiger charge is -2.13. The van der Waals surface area contributed by atoms with E-state index in [4.69, 9.17) is 4.42 Å². The van der Waals surface area contributed by atoms with Gasteiger partial charge < -0.3 is 9.73 Å². The molecule has 9 heteroatoms. The summed E-state index contributed by atoms with van der Waals surface area (Å²) in [4.78, 5) is 32.1. The van der Waals surface area contributed by atoms with E-state index >= 15 is 0 Å². The van der Waals surface area contributed by atoms with Gasteiger partial charge in [-0.25, -0.2) is 4.98 Å². The van der Waals surface area contributed by atoms with Gasteiger partial charge in [0.2, 0.25) is 5.91 Å². The molecule has 4 rings (SSSR count). The number of thioether (sulfide) groups is 1. The van der Waals surface area contributed by atoms with Crippen molar-refractivity contribution in [3.8, 4) is 10.4 Å². The molecule has 154 valence electrons.